The van der Waals surface area contributed by atoms with Crippen LogP contribution >= 0.6 is 0 Å². The van der Waals surface area contributed by atoms with Gasteiger partial charge in [0.1, 0.15) is 5.75 Å². The summed E-state index contributed by atoms with van der Waals surface area (Å²) in [6.45, 7) is 1.64. The average Bonchev–Trinajstić information content (AvgIpc) is 3.28. The molecule has 0 spiro atoms. The summed E-state index contributed by atoms with van der Waals surface area (Å²) in [4.78, 5) is 23.5. The molecule has 0 radical (unpaired) electrons. The Bertz CT molecular complexity index is 566. The molecule has 1 heterocycles. The molecule has 23 heavy (non-hydrogen) atoms. The van der Waals surface area contributed by atoms with E-state index in [9.17, 15) is 9.59 Å². The number of rotatable bonds is 7. The Morgan fingerprint density at radius 1 is 1.26 bits per heavy atom. The summed E-state index contributed by atoms with van der Waals surface area (Å²) in [5.74, 6) is 0.664. The molecule has 124 valence electrons. The monoisotopic (exact) mass is 317 g/mol. The quantitative estimate of drug-likeness (QED) is 0.708. The number of nitrogens with one attached hydrogen (secondary N) is 3. The van der Waals surface area contributed by atoms with Crippen LogP contribution in [0.25, 0.3) is 0 Å². The maximum atomic E-state index is 11.8. The molecule has 0 bridgehead atoms. The van der Waals surface area contributed by atoms with Gasteiger partial charge in [-0.15, -0.1) is 0 Å². The molecule has 3 rings (SSSR count). The molecule has 3 N–H and O–H groups in total. The second-order valence-corrected chi connectivity index (χ2v) is 6.18. The highest BCUT2D eigenvalue weighted by Gasteiger charge is 2.29. The summed E-state index contributed by atoms with van der Waals surface area (Å²) >= 11 is 0. The molecule has 1 aromatic rings. The molecule has 0 aromatic heterocycles. The minimum atomic E-state index is -0.133. The third-order valence-corrected chi connectivity index (χ3v) is 4.13. The second-order valence-electron chi connectivity index (χ2n) is 6.18. The summed E-state index contributed by atoms with van der Waals surface area (Å²) < 4.78 is 5.50. The fourth-order valence-corrected chi connectivity index (χ4v) is 2.62. The molecule has 1 saturated carbocycles. The van der Waals surface area contributed by atoms with E-state index in [1.165, 1.54) is 0 Å². The summed E-state index contributed by atoms with van der Waals surface area (Å²) in [6, 6.07) is 7.52. The van der Waals surface area contributed by atoms with Gasteiger partial charge in [0.2, 0.25) is 5.91 Å². The van der Waals surface area contributed by atoms with Gasteiger partial charge in [-0.3, -0.25) is 9.59 Å². The average molecular weight is 317 g/mol. The maximum Gasteiger partial charge on any atom is 0.257 e. The van der Waals surface area contributed by atoms with Crippen molar-refractivity contribution in [3.63, 3.8) is 0 Å². The molecule has 1 aliphatic carbocycles. The van der Waals surface area contributed by atoms with Crippen LogP contribution in [0.1, 0.15) is 25.7 Å². The fourth-order valence-electron chi connectivity index (χ4n) is 2.62. The highest BCUT2D eigenvalue weighted by atomic mass is 16.5. The fraction of sp³-hybridized carbons (Fsp3) is 0.529. The van der Waals surface area contributed by atoms with E-state index >= 15 is 0 Å². The Morgan fingerprint density at radius 2 is 2.13 bits per heavy atom. The third kappa shape index (κ3) is 4.96. The van der Waals surface area contributed by atoms with Crippen LogP contribution in [-0.2, 0) is 9.59 Å². The number of amides is 2. The van der Waals surface area contributed by atoms with Crippen molar-refractivity contribution < 1.29 is 14.3 Å². The van der Waals surface area contributed by atoms with Crippen molar-refractivity contribution in [2.24, 2.45) is 5.92 Å². The van der Waals surface area contributed by atoms with E-state index in [2.05, 4.69) is 16.0 Å². The minimum Gasteiger partial charge on any atom is -0.484 e. The van der Waals surface area contributed by atoms with E-state index in [1.54, 1.807) is 18.2 Å². The number of ether oxygens (including phenoxy) is 1. The molecule has 2 amide bonds. The van der Waals surface area contributed by atoms with Crippen LogP contribution < -0.4 is 20.7 Å². The Morgan fingerprint density at radius 3 is 2.87 bits per heavy atom. The molecule has 2 fully saturated rings. The summed E-state index contributed by atoms with van der Waals surface area (Å²) in [5, 5.41) is 9.06. The number of anilines is 1. The van der Waals surface area contributed by atoms with Gasteiger partial charge in [-0.2, -0.15) is 0 Å². The molecule has 1 saturated heterocycles. The lowest BCUT2D eigenvalue weighted by molar-refractivity contribution is -0.123. The smallest absolute Gasteiger partial charge is 0.257 e. The molecule has 1 aromatic carbocycles. The van der Waals surface area contributed by atoms with Gasteiger partial charge >= 0.3 is 0 Å². The molecule has 1 atom stereocenters. The SMILES string of the molecule is O=C(COc1cccc(NC(=O)C2CC2)c1)NCC1CCCN1. The molecule has 6 nitrogen and oxygen atoms in total. The number of benzene rings is 1. The Balaban J connectivity index is 1.41. The van der Waals surface area contributed by atoms with Crippen LogP contribution in [0, 0.1) is 5.92 Å². The Hall–Kier alpha value is -2.08. The van der Waals surface area contributed by atoms with Gasteiger partial charge in [-0.05, 0) is 44.4 Å². The van der Waals surface area contributed by atoms with Crippen LogP contribution in [0.15, 0.2) is 24.3 Å². The van der Waals surface area contributed by atoms with Crippen LogP contribution in [-0.4, -0.2) is 37.6 Å². The first kappa shape index (κ1) is 15.8. The summed E-state index contributed by atoms with van der Waals surface area (Å²) in [7, 11) is 0. The highest BCUT2D eigenvalue weighted by molar-refractivity contribution is 5.94. The molecular formula is C17H23N3O3. The van der Waals surface area contributed by atoms with Gasteiger partial charge in [0, 0.05) is 30.3 Å². The van der Waals surface area contributed by atoms with Crippen molar-refractivity contribution in [3.05, 3.63) is 24.3 Å². The Labute approximate surface area is 136 Å². The van der Waals surface area contributed by atoms with E-state index in [-0.39, 0.29) is 24.3 Å². The van der Waals surface area contributed by atoms with Crippen molar-refractivity contribution >= 4 is 17.5 Å². The zero-order valence-corrected chi connectivity index (χ0v) is 13.1. The van der Waals surface area contributed by atoms with Crippen molar-refractivity contribution in [1.29, 1.82) is 0 Å². The van der Waals surface area contributed by atoms with Crippen LogP contribution in [0.2, 0.25) is 0 Å². The standard InChI is InChI=1S/C17H23N3O3/c21-16(19-10-14-4-2-8-18-14)11-23-15-5-1-3-13(9-15)20-17(22)12-6-7-12/h1,3,5,9,12,14,18H,2,4,6-8,10-11H2,(H,19,21)(H,20,22). The van der Waals surface area contributed by atoms with Crippen LogP contribution in [0.4, 0.5) is 5.69 Å². The van der Waals surface area contributed by atoms with Gasteiger partial charge < -0.3 is 20.7 Å². The van der Waals surface area contributed by atoms with E-state index in [0.29, 0.717) is 24.0 Å². The highest BCUT2D eigenvalue weighted by Crippen LogP contribution is 2.30. The first-order valence-electron chi connectivity index (χ1n) is 8.24. The summed E-state index contributed by atoms with van der Waals surface area (Å²) in [6.07, 6.45) is 4.20. The Kier molecular flexibility index (Phi) is 5.12. The molecule has 1 unspecified atom stereocenters. The lowest BCUT2D eigenvalue weighted by Crippen LogP contribution is -2.39. The van der Waals surface area contributed by atoms with E-state index < -0.39 is 0 Å². The minimum absolute atomic E-state index is 0.0211. The van der Waals surface area contributed by atoms with Crippen LogP contribution in [0.5, 0.6) is 5.75 Å². The van der Waals surface area contributed by atoms with Gasteiger partial charge in [0.05, 0.1) is 0 Å². The van der Waals surface area contributed by atoms with Gasteiger partial charge in [-0.25, -0.2) is 0 Å². The predicted octanol–water partition coefficient (Wildman–Crippen LogP) is 1.28. The van der Waals surface area contributed by atoms with E-state index in [0.717, 1.165) is 32.2 Å². The topological polar surface area (TPSA) is 79.5 Å². The number of carbonyl (C=O) groups is 2. The van der Waals surface area contributed by atoms with Crippen molar-refractivity contribution in [1.82, 2.24) is 10.6 Å². The lowest BCUT2D eigenvalue weighted by atomic mass is 10.2. The first-order valence-corrected chi connectivity index (χ1v) is 8.24. The number of hydrogen-bond acceptors (Lipinski definition) is 4. The van der Waals surface area contributed by atoms with Gasteiger partial charge in [-0.1, -0.05) is 6.07 Å². The lowest BCUT2D eigenvalue weighted by Gasteiger charge is -2.12. The zero-order chi connectivity index (χ0) is 16.1. The zero-order valence-electron chi connectivity index (χ0n) is 13.1. The predicted molar refractivity (Wildman–Crippen MR) is 87.3 cm³/mol. The van der Waals surface area contributed by atoms with Gasteiger partial charge in [0.25, 0.3) is 5.91 Å². The van der Waals surface area contributed by atoms with Gasteiger partial charge in [0.15, 0.2) is 6.61 Å². The van der Waals surface area contributed by atoms with Crippen molar-refractivity contribution in [3.8, 4) is 5.75 Å². The molecule has 1 aliphatic heterocycles. The van der Waals surface area contributed by atoms with Crippen molar-refractivity contribution in [2.75, 3.05) is 25.0 Å². The molecule has 2 aliphatic rings. The number of hydrogen-bond donors (Lipinski definition) is 3. The number of carbonyl (C=O) groups excluding carboxylic acids is 2. The second kappa shape index (κ2) is 7.46. The van der Waals surface area contributed by atoms with E-state index in [4.69, 9.17) is 4.74 Å². The summed E-state index contributed by atoms with van der Waals surface area (Å²) in [5.41, 5.74) is 0.704. The first-order chi connectivity index (χ1) is 11.2. The van der Waals surface area contributed by atoms with Crippen LogP contribution in [0.3, 0.4) is 0 Å². The molecule has 6 heteroatoms. The normalized spacial score (nSPS) is 20.1. The third-order valence-electron chi connectivity index (χ3n) is 4.13. The maximum absolute atomic E-state index is 11.8. The molecular weight excluding hydrogens is 294 g/mol. The van der Waals surface area contributed by atoms with Crippen molar-refractivity contribution in [2.45, 2.75) is 31.7 Å². The largest absolute Gasteiger partial charge is 0.484 e. The van der Waals surface area contributed by atoms with E-state index in [1.807, 2.05) is 6.07 Å².